The van der Waals surface area contributed by atoms with Crippen molar-refractivity contribution in [1.82, 2.24) is 5.32 Å². The van der Waals surface area contributed by atoms with Crippen LogP contribution >= 0.6 is 11.3 Å². The van der Waals surface area contributed by atoms with Gasteiger partial charge in [0, 0.05) is 35.7 Å². The van der Waals surface area contributed by atoms with Crippen LogP contribution in [-0.2, 0) is 14.3 Å². The first-order valence-electron chi connectivity index (χ1n) is 8.52. The minimum absolute atomic E-state index is 0.00198. The maximum Gasteiger partial charge on any atom is 0.306 e. The SMILES string of the molecule is CC(OC(=O)CCCNC(=O)c1ccsc1)C(=O)Nc1ccc(F)c([N+](=O)[O-])c1. The largest absolute Gasteiger partial charge is 0.453 e. The van der Waals surface area contributed by atoms with Gasteiger partial charge in [0.15, 0.2) is 6.10 Å². The van der Waals surface area contributed by atoms with Gasteiger partial charge in [-0.15, -0.1) is 0 Å². The summed E-state index contributed by atoms with van der Waals surface area (Å²) in [5.41, 5.74) is -0.233. The van der Waals surface area contributed by atoms with Gasteiger partial charge in [-0.1, -0.05) is 0 Å². The molecule has 9 nitrogen and oxygen atoms in total. The Morgan fingerprint density at radius 1 is 1.31 bits per heavy atom. The molecule has 11 heteroatoms. The Bertz CT molecular complexity index is 903. The maximum atomic E-state index is 13.3. The number of benzene rings is 1. The van der Waals surface area contributed by atoms with E-state index in [9.17, 15) is 28.9 Å². The highest BCUT2D eigenvalue weighted by Crippen LogP contribution is 2.21. The topological polar surface area (TPSA) is 128 Å². The number of esters is 1. The average Bonchev–Trinajstić information content (AvgIpc) is 3.21. The Kier molecular flexibility index (Phi) is 7.78. The highest BCUT2D eigenvalue weighted by molar-refractivity contribution is 7.08. The zero-order valence-corrected chi connectivity index (χ0v) is 16.2. The second-order valence-electron chi connectivity index (χ2n) is 5.92. The van der Waals surface area contributed by atoms with Crippen molar-refractivity contribution in [3.05, 3.63) is 56.5 Å². The van der Waals surface area contributed by atoms with Crippen molar-refractivity contribution in [2.75, 3.05) is 11.9 Å². The van der Waals surface area contributed by atoms with E-state index in [0.29, 0.717) is 12.0 Å². The van der Waals surface area contributed by atoms with E-state index in [1.807, 2.05) is 0 Å². The fourth-order valence-corrected chi connectivity index (χ4v) is 2.85. The molecule has 2 rings (SSSR count). The molecule has 1 heterocycles. The first-order chi connectivity index (χ1) is 13.8. The molecule has 2 amide bonds. The van der Waals surface area contributed by atoms with Gasteiger partial charge < -0.3 is 15.4 Å². The minimum Gasteiger partial charge on any atom is -0.453 e. The molecule has 0 aliphatic rings. The van der Waals surface area contributed by atoms with Crippen LogP contribution in [0.4, 0.5) is 15.8 Å². The van der Waals surface area contributed by atoms with E-state index in [1.165, 1.54) is 18.3 Å². The summed E-state index contributed by atoms with van der Waals surface area (Å²) in [4.78, 5) is 45.4. The standard InChI is InChI=1S/C18H18FN3O6S/c1-11(17(24)21-13-4-5-14(19)15(9-13)22(26)27)28-16(23)3-2-7-20-18(25)12-6-8-29-10-12/h4-6,8-11H,2-3,7H2,1H3,(H,20,25)(H,21,24). The van der Waals surface area contributed by atoms with Crippen molar-refractivity contribution >= 4 is 40.5 Å². The Hall–Kier alpha value is -3.34. The van der Waals surface area contributed by atoms with Crippen LogP contribution in [0.25, 0.3) is 0 Å². The summed E-state index contributed by atoms with van der Waals surface area (Å²) in [5.74, 6) is -2.62. The van der Waals surface area contributed by atoms with E-state index in [1.54, 1.807) is 16.8 Å². The van der Waals surface area contributed by atoms with Gasteiger partial charge >= 0.3 is 11.7 Å². The number of carbonyl (C=O) groups is 3. The molecule has 1 unspecified atom stereocenters. The second kappa shape index (κ2) is 10.3. The number of hydrogen-bond donors (Lipinski definition) is 2. The third kappa shape index (κ3) is 6.64. The quantitative estimate of drug-likeness (QED) is 0.276. The second-order valence-corrected chi connectivity index (χ2v) is 6.70. The van der Waals surface area contributed by atoms with E-state index in [0.717, 1.165) is 18.2 Å². The van der Waals surface area contributed by atoms with Crippen molar-refractivity contribution < 1.29 is 28.4 Å². The van der Waals surface area contributed by atoms with Gasteiger partial charge in [0.1, 0.15) is 0 Å². The third-order valence-electron chi connectivity index (χ3n) is 3.71. The molecule has 0 saturated carbocycles. The number of nitro benzene ring substituents is 1. The summed E-state index contributed by atoms with van der Waals surface area (Å²) in [5, 5.41) is 19.2. The number of anilines is 1. The molecule has 0 fully saturated rings. The predicted molar refractivity (Wildman–Crippen MR) is 103 cm³/mol. The molecule has 0 aliphatic heterocycles. The van der Waals surface area contributed by atoms with Gasteiger partial charge in [0.2, 0.25) is 5.82 Å². The number of ether oxygens (including phenoxy) is 1. The number of nitro groups is 1. The van der Waals surface area contributed by atoms with Crippen molar-refractivity contribution in [1.29, 1.82) is 0 Å². The molecule has 29 heavy (non-hydrogen) atoms. The zero-order chi connectivity index (χ0) is 21.4. The number of nitrogens with one attached hydrogen (secondary N) is 2. The van der Waals surface area contributed by atoms with E-state index in [-0.39, 0.29) is 24.6 Å². The van der Waals surface area contributed by atoms with E-state index < -0.39 is 34.4 Å². The molecule has 0 saturated heterocycles. The normalized spacial score (nSPS) is 11.4. The molecule has 154 valence electrons. The number of rotatable bonds is 9. The van der Waals surface area contributed by atoms with Crippen LogP contribution in [0, 0.1) is 15.9 Å². The summed E-state index contributed by atoms with van der Waals surface area (Å²) in [6.07, 6.45) is -0.844. The lowest BCUT2D eigenvalue weighted by Crippen LogP contribution is -2.30. The first kappa shape index (κ1) is 22.0. The first-order valence-corrected chi connectivity index (χ1v) is 9.47. The van der Waals surface area contributed by atoms with E-state index >= 15 is 0 Å². The molecule has 1 aromatic heterocycles. The monoisotopic (exact) mass is 423 g/mol. The lowest BCUT2D eigenvalue weighted by Gasteiger charge is -2.13. The number of carbonyl (C=O) groups excluding carboxylic acids is 3. The highest BCUT2D eigenvalue weighted by atomic mass is 32.1. The summed E-state index contributed by atoms with van der Waals surface area (Å²) < 4.78 is 18.3. The van der Waals surface area contributed by atoms with Crippen LogP contribution in [0.3, 0.4) is 0 Å². The molecular weight excluding hydrogens is 405 g/mol. The van der Waals surface area contributed by atoms with Crippen LogP contribution in [0.2, 0.25) is 0 Å². The molecule has 1 aromatic carbocycles. The number of nitrogens with zero attached hydrogens (tertiary/aromatic N) is 1. The van der Waals surface area contributed by atoms with Crippen molar-refractivity contribution in [2.45, 2.75) is 25.9 Å². The van der Waals surface area contributed by atoms with Crippen molar-refractivity contribution in [3.63, 3.8) is 0 Å². The van der Waals surface area contributed by atoms with Gasteiger partial charge in [-0.05, 0) is 36.9 Å². The molecule has 0 bridgehead atoms. The number of hydrogen-bond acceptors (Lipinski definition) is 7. The fraction of sp³-hybridized carbons (Fsp3) is 0.278. The van der Waals surface area contributed by atoms with E-state index in [2.05, 4.69) is 10.6 Å². The van der Waals surface area contributed by atoms with Crippen molar-refractivity contribution in [2.24, 2.45) is 0 Å². The van der Waals surface area contributed by atoms with E-state index in [4.69, 9.17) is 4.74 Å². The Morgan fingerprint density at radius 3 is 2.72 bits per heavy atom. The van der Waals surface area contributed by atoms with Crippen LogP contribution < -0.4 is 10.6 Å². The Morgan fingerprint density at radius 2 is 2.07 bits per heavy atom. The average molecular weight is 423 g/mol. The highest BCUT2D eigenvalue weighted by Gasteiger charge is 2.20. The Balaban J connectivity index is 1.74. The summed E-state index contributed by atoms with van der Waals surface area (Å²) in [7, 11) is 0. The maximum absolute atomic E-state index is 13.3. The van der Waals surface area contributed by atoms with Crippen molar-refractivity contribution in [3.8, 4) is 0 Å². The van der Waals surface area contributed by atoms with Crippen LogP contribution in [0.15, 0.2) is 35.0 Å². The molecule has 1 atom stereocenters. The van der Waals surface area contributed by atoms with Gasteiger partial charge in [0.25, 0.3) is 11.8 Å². The summed E-state index contributed by atoms with van der Waals surface area (Å²) in [6.45, 7) is 1.60. The van der Waals surface area contributed by atoms with Crippen LogP contribution in [0.1, 0.15) is 30.1 Å². The number of halogens is 1. The van der Waals surface area contributed by atoms with Gasteiger partial charge in [-0.25, -0.2) is 0 Å². The van der Waals surface area contributed by atoms with Crippen LogP contribution in [0.5, 0.6) is 0 Å². The predicted octanol–water partition coefficient (Wildman–Crippen LogP) is 2.88. The van der Waals surface area contributed by atoms with Gasteiger partial charge in [-0.2, -0.15) is 15.7 Å². The summed E-state index contributed by atoms with van der Waals surface area (Å²) >= 11 is 1.40. The number of thiophene rings is 1. The minimum atomic E-state index is -1.16. The molecular formula is C18H18FN3O6S. The van der Waals surface area contributed by atoms with Gasteiger partial charge in [-0.3, -0.25) is 24.5 Å². The Labute approximate surface area is 169 Å². The lowest BCUT2D eigenvalue weighted by atomic mass is 10.2. The zero-order valence-electron chi connectivity index (χ0n) is 15.3. The van der Waals surface area contributed by atoms with Crippen LogP contribution in [-0.4, -0.2) is 35.4 Å². The molecule has 0 radical (unpaired) electrons. The molecule has 2 N–H and O–H groups in total. The summed E-state index contributed by atoms with van der Waals surface area (Å²) in [6, 6.07) is 4.57. The molecule has 2 aromatic rings. The smallest absolute Gasteiger partial charge is 0.306 e. The fourth-order valence-electron chi connectivity index (χ4n) is 2.21. The van der Waals surface area contributed by atoms with Gasteiger partial charge in [0.05, 0.1) is 4.92 Å². The number of amides is 2. The lowest BCUT2D eigenvalue weighted by molar-refractivity contribution is -0.387. The molecule has 0 aliphatic carbocycles. The third-order valence-corrected chi connectivity index (χ3v) is 4.40. The molecule has 0 spiro atoms.